The third kappa shape index (κ3) is 2.81. The summed E-state index contributed by atoms with van der Waals surface area (Å²) in [5.41, 5.74) is 8.58. The van der Waals surface area contributed by atoms with Gasteiger partial charge in [-0.05, 0) is 24.8 Å². The summed E-state index contributed by atoms with van der Waals surface area (Å²) in [7, 11) is 2.01. The zero-order valence-corrected chi connectivity index (χ0v) is 9.74. The molecule has 1 atom stereocenters. The topological polar surface area (TPSA) is 43.8 Å². The Bertz CT molecular complexity index is 326. The monoisotopic (exact) mass is 207 g/mol. The van der Waals surface area contributed by atoms with Crippen molar-refractivity contribution in [3.05, 3.63) is 17.5 Å². The number of hydrogen-bond donors (Lipinski definition) is 1. The van der Waals surface area contributed by atoms with Crippen LogP contribution < -0.4 is 5.73 Å². The maximum Gasteiger partial charge on any atom is 0.0624 e. The Morgan fingerprint density at radius 1 is 1.60 bits per heavy atom. The lowest BCUT2D eigenvalue weighted by Crippen LogP contribution is -2.24. The molecule has 0 amide bonds. The van der Waals surface area contributed by atoms with Gasteiger partial charge in [0.25, 0.3) is 0 Å². The lowest BCUT2D eigenvalue weighted by Gasteiger charge is -2.10. The third-order valence-corrected chi connectivity index (χ3v) is 3.19. The van der Waals surface area contributed by atoms with E-state index in [1.165, 1.54) is 30.7 Å². The molecule has 0 aromatic carbocycles. The molecular formula is C12H21N3. The van der Waals surface area contributed by atoms with Crippen molar-refractivity contribution >= 4 is 0 Å². The van der Waals surface area contributed by atoms with Crippen molar-refractivity contribution < 1.29 is 0 Å². The van der Waals surface area contributed by atoms with E-state index in [2.05, 4.69) is 18.1 Å². The first-order chi connectivity index (χ1) is 7.19. The molecule has 3 nitrogen and oxygen atoms in total. The Hall–Kier alpha value is -0.830. The summed E-state index contributed by atoms with van der Waals surface area (Å²) in [4.78, 5) is 0. The predicted octanol–water partition coefficient (Wildman–Crippen LogP) is 1.65. The second kappa shape index (κ2) is 4.35. The maximum atomic E-state index is 6.13. The molecule has 0 bridgehead atoms. The average Bonchev–Trinajstić information content (AvgIpc) is 2.92. The van der Waals surface area contributed by atoms with Crippen LogP contribution in [-0.2, 0) is 19.9 Å². The molecule has 15 heavy (non-hydrogen) atoms. The first-order valence-electron chi connectivity index (χ1n) is 5.96. The van der Waals surface area contributed by atoms with Gasteiger partial charge >= 0.3 is 0 Å². The summed E-state index contributed by atoms with van der Waals surface area (Å²) in [5, 5.41) is 4.44. The van der Waals surface area contributed by atoms with Gasteiger partial charge in [-0.1, -0.05) is 19.8 Å². The minimum absolute atomic E-state index is 0.317. The summed E-state index contributed by atoms with van der Waals surface area (Å²) < 4.78 is 1.98. The van der Waals surface area contributed by atoms with Crippen LogP contribution in [0.4, 0.5) is 0 Å². The fraction of sp³-hybridized carbons (Fsp3) is 0.750. The first-order valence-corrected chi connectivity index (χ1v) is 5.96. The van der Waals surface area contributed by atoms with Gasteiger partial charge in [0.05, 0.1) is 5.69 Å². The van der Waals surface area contributed by atoms with Crippen LogP contribution in [0.1, 0.15) is 37.6 Å². The van der Waals surface area contributed by atoms with Crippen LogP contribution in [0.15, 0.2) is 6.07 Å². The molecule has 1 saturated carbocycles. The molecule has 1 aliphatic carbocycles. The Morgan fingerprint density at radius 3 is 2.87 bits per heavy atom. The molecule has 0 saturated heterocycles. The molecule has 1 fully saturated rings. The van der Waals surface area contributed by atoms with Gasteiger partial charge in [-0.25, -0.2) is 0 Å². The number of aryl methyl sites for hydroxylation is 2. The quantitative estimate of drug-likeness (QED) is 0.798. The van der Waals surface area contributed by atoms with E-state index in [1.807, 2.05) is 11.7 Å². The molecule has 0 spiro atoms. The van der Waals surface area contributed by atoms with E-state index < -0.39 is 0 Å². The third-order valence-electron chi connectivity index (χ3n) is 3.19. The Balaban J connectivity index is 1.92. The molecule has 0 radical (unpaired) electrons. The Morgan fingerprint density at radius 2 is 2.33 bits per heavy atom. The van der Waals surface area contributed by atoms with E-state index in [-0.39, 0.29) is 0 Å². The Labute approximate surface area is 91.7 Å². The molecule has 1 heterocycles. The van der Waals surface area contributed by atoms with Gasteiger partial charge < -0.3 is 5.73 Å². The van der Waals surface area contributed by atoms with E-state index in [0.717, 1.165) is 18.8 Å². The van der Waals surface area contributed by atoms with Gasteiger partial charge in [0, 0.05) is 25.2 Å². The number of hydrogen-bond acceptors (Lipinski definition) is 2. The molecule has 84 valence electrons. The van der Waals surface area contributed by atoms with Crippen molar-refractivity contribution in [3.63, 3.8) is 0 Å². The minimum Gasteiger partial charge on any atom is -0.327 e. The number of nitrogens with zero attached hydrogens (tertiary/aromatic N) is 2. The predicted molar refractivity (Wildman–Crippen MR) is 61.6 cm³/mol. The molecule has 2 rings (SSSR count). The van der Waals surface area contributed by atoms with E-state index >= 15 is 0 Å². The smallest absolute Gasteiger partial charge is 0.0624 e. The molecule has 1 unspecified atom stereocenters. The van der Waals surface area contributed by atoms with Gasteiger partial charge in [-0.15, -0.1) is 0 Å². The lowest BCUT2D eigenvalue weighted by molar-refractivity contribution is 0.545. The van der Waals surface area contributed by atoms with E-state index in [9.17, 15) is 0 Å². The number of rotatable bonds is 5. The summed E-state index contributed by atoms with van der Waals surface area (Å²) in [6, 6.07) is 2.50. The zero-order valence-electron chi connectivity index (χ0n) is 9.74. The highest BCUT2D eigenvalue weighted by molar-refractivity contribution is 5.11. The second-order valence-corrected chi connectivity index (χ2v) is 4.75. The second-order valence-electron chi connectivity index (χ2n) is 4.75. The van der Waals surface area contributed by atoms with E-state index in [0.29, 0.717) is 6.04 Å². The van der Waals surface area contributed by atoms with Crippen LogP contribution in [-0.4, -0.2) is 15.8 Å². The summed E-state index contributed by atoms with van der Waals surface area (Å²) >= 11 is 0. The summed E-state index contributed by atoms with van der Waals surface area (Å²) in [6.07, 6.45) is 5.94. The zero-order chi connectivity index (χ0) is 10.8. The molecule has 2 N–H and O–H groups in total. The van der Waals surface area contributed by atoms with Crippen LogP contribution in [0.2, 0.25) is 0 Å². The van der Waals surface area contributed by atoms with Crippen molar-refractivity contribution in [2.45, 2.75) is 45.1 Å². The standard InChI is InChI=1S/C12H21N3/c1-3-11-8-12(15(2)14-11)7-10(13)6-9-4-5-9/h8-10H,3-7,13H2,1-2H3. The van der Waals surface area contributed by atoms with Gasteiger partial charge in [-0.2, -0.15) is 5.10 Å². The summed E-state index contributed by atoms with van der Waals surface area (Å²) in [5.74, 6) is 0.916. The fourth-order valence-electron chi connectivity index (χ4n) is 2.07. The van der Waals surface area contributed by atoms with Crippen LogP contribution in [0, 0.1) is 5.92 Å². The number of aromatic nitrogens is 2. The van der Waals surface area contributed by atoms with Crippen molar-refractivity contribution in [2.24, 2.45) is 18.7 Å². The molecule has 3 heteroatoms. The first kappa shape index (κ1) is 10.7. The molecule has 1 aliphatic rings. The Kier molecular flexibility index (Phi) is 3.10. The minimum atomic E-state index is 0.317. The molecule has 1 aromatic rings. The highest BCUT2D eigenvalue weighted by Gasteiger charge is 2.24. The van der Waals surface area contributed by atoms with Crippen molar-refractivity contribution in [3.8, 4) is 0 Å². The summed E-state index contributed by atoms with van der Waals surface area (Å²) in [6.45, 7) is 2.14. The maximum absolute atomic E-state index is 6.13. The van der Waals surface area contributed by atoms with Gasteiger partial charge in [-0.3, -0.25) is 4.68 Å². The van der Waals surface area contributed by atoms with Crippen molar-refractivity contribution in [1.82, 2.24) is 9.78 Å². The van der Waals surface area contributed by atoms with Gasteiger partial charge in [0.1, 0.15) is 0 Å². The molecular weight excluding hydrogens is 186 g/mol. The number of nitrogens with two attached hydrogens (primary N) is 1. The van der Waals surface area contributed by atoms with Crippen LogP contribution in [0.25, 0.3) is 0 Å². The highest BCUT2D eigenvalue weighted by Crippen LogP contribution is 2.33. The molecule has 1 aromatic heterocycles. The SMILES string of the molecule is CCc1cc(CC(N)CC2CC2)n(C)n1. The normalized spacial score (nSPS) is 18.1. The lowest BCUT2D eigenvalue weighted by atomic mass is 10.1. The highest BCUT2D eigenvalue weighted by atomic mass is 15.3. The largest absolute Gasteiger partial charge is 0.327 e. The fourth-order valence-corrected chi connectivity index (χ4v) is 2.07. The van der Waals surface area contributed by atoms with E-state index in [1.54, 1.807) is 0 Å². The van der Waals surface area contributed by atoms with Gasteiger partial charge in [0.15, 0.2) is 0 Å². The van der Waals surface area contributed by atoms with Crippen LogP contribution in [0.5, 0.6) is 0 Å². The van der Waals surface area contributed by atoms with Gasteiger partial charge in [0.2, 0.25) is 0 Å². The van der Waals surface area contributed by atoms with Crippen LogP contribution in [0.3, 0.4) is 0 Å². The van der Waals surface area contributed by atoms with Crippen molar-refractivity contribution in [2.75, 3.05) is 0 Å². The van der Waals surface area contributed by atoms with E-state index in [4.69, 9.17) is 5.73 Å². The average molecular weight is 207 g/mol. The van der Waals surface area contributed by atoms with Crippen molar-refractivity contribution in [1.29, 1.82) is 0 Å². The molecule has 0 aliphatic heterocycles. The van der Waals surface area contributed by atoms with Crippen LogP contribution >= 0.6 is 0 Å².